The average molecular weight is 297 g/mol. The molecule has 3 nitrogen and oxygen atoms in total. The van der Waals surface area contributed by atoms with Crippen LogP contribution in [0.5, 0.6) is 0 Å². The maximum Gasteiger partial charge on any atom is 0.0957 e. The summed E-state index contributed by atoms with van der Waals surface area (Å²) < 4.78 is 5.73. The van der Waals surface area contributed by atoms with Gasteiger partial charge in [-0.2, -0.15) is 0 Å². The molecule has 0 aromatic carbocycles. The first-order valence-corrected chi connectivity index (χ1v) is 8.49. The quantitative estimate of drug-likeness (QED) is 0.921. The highest BCUT2D eigenvalue weighted by Gasteiger charge is 2.35. The smallest absolute Gasteiger partial charge is 0.0957 e. The number of nitrogens with zero attached hydrogens (tertiary/aromatic N) is 1. The fraction of sp³-hybridized carbons (Fsp3) is 0.812. The largest absolute Gasteiger partial charge is 0.389 e. The molecule has 1 N–H and O–H groups in total. The lowest BCUT2D eigenvalue weighted by molar-refractivity contribution is -0.105. The molecule has 0 aliphatic carbocycles. The second-order valence-corrected chi connectivity index (χ2v) is 7.96. The molecule has 0 bridgehead atoms. The number of hydrogen-bond acceptors (Lipinski definition) is 4. The van der Waals surface area contributed by atoms with Crippen LogP contribution in [0.1, 0.15) is 64.1 Å². The highest BCUT2D eigenvalue weighted by molar-refractivity contribution is 7.09. The van der Waals surface area contributed by atoms with Crippen LogP contribution in [0, 0.1) is 0 Å². The molecular weight excluding hydrogens is 270 g/mol. The topological polar surface area (TPSA) is 42.4 Å². The van der Waals surface area contributed by atoms with Crippen molar-refractivity contribution < 1.29 is 9.84 Å². The third-order valence-electron chi connectivity index (χ3n) is 3.94. The number of aliphatic hydroxyl groups is 1. The highest BCUT2D eigenvalue weighted by atomic mass is 32.1. The monoisotopic (exact) mass is 297 g/mol. The van der Waals surface area contributed by atoms with Gasteiger partial charge in [0.2, 0.25) is 0 Å². The van der Waals surface area contributed by atoms with Crippen LogP contribution >= 0.6 is 11.3 Å². The van der Waals surface area contributed by atoms with Crippen molar-refractivity contribution in [2.75, 3.05) is 6.61 Å². The van der Waals surface area contributed by atoms with Gasteiger partial charge in [-0.3, -0.25) is 0 Å². The summed E-state index contributed by atoms with van der Waals surface area (Å²) in [5.74, 6) is 0. The van der Waals surface area contributed by atoms with Crippen molar-refractivity contribution in [2.45, 2.75) is 76.9 Å². The molecule has 2 rings (SSSR count). The highest BCUT2D eigenvalue weighted by Crippen LogP contribution is 2.32. The lowest BCUT2D eigenvalue weighted by Crippen LogP contribution is -2.42. The summed E-state index contributed by atoms with van der Waals surface area (Å²) in [7, 11) is 0. The summed E-state index contributed by atoms with van der Waals surface area (Å²) in [6.07, 6.45) is 4.47. The van der Waals surface area contributed by atoms with Crippen molar-refractivity contribution in [3.05, 3.63) is 16.1 Å². The molecule has 1 aromatic heterocycles. The summed E-state index contributed by atoms with van der Waals surface area (Å²) in [4.78, 5) is 4.71. The van der Waals surface area contributed by atoms with Gasteiger partial charge >= 0.3 is 0 Å². The minimum Gasteiger partial charge on any atom is -0.389 e. The normalized spacial score (nSPS) is 27.8. The van der Waals surface area contributed by atoms with E-state index in [1.807, 2.05) is 0 Å². The van der Waals surface area contributed by atoms with Gasteiger partial charge in [-0.05, 0) is 6.42 Å². The molecule has 0 spiro atoms. The van der Waals surface area contributed by atoms with Gasteiger partial charge in [0.25, 0.3) is 0 Å². The van der Waals surface area contributed by atoms with E-state index in [0.717, 1.165) is 36.4 Å². The molecule has 0 amide bonds. The van der Waals surface area contributed by atoms with E-state index in [0.29, 0.717) is 13.0 Å². The maximum absolute atomic E-state index is 10.8. The molecule has 4 heteroatoms. The van der Waals surface area contributed by atoms with Crippen molar-refractivity contribution in [1.82, 2.24) is 4.98 Å². The molecule has 1 fully saturated rings. The third-order valence-corrected chi connectivity index (χ3v) is 4.79. The second kappa shape index (κ2) is 6.12. The molecule has 114 valence electrons. The molecule has 0 radical (unpaired) electrons. The van der Waals surface area contributed by atoms with Crippen LogP contribution in [0.15, 0.2) is 5.38 Å². The van der Waals surface area contributed by atoms with Crippen molar-refractivity contribution in [3.8, 4) is 0 Å². The summed E-state index contributed by atoms with van der Waals surface area (Å²) in [6.45, 7) is 9.34. The summed E-state index contributed by atoms with van der Waals surface area (Å²) >= 11 is 1.67. The van der Waals surface area contributed by atoms with Gasteiger partial charge < -0.3 is 9.84 Å². The summed E-state index contributed by atoms with van der Waals surface area (Å²) in [5.41, 5.74) is 0.571. The third kappa shape index (κ3) is 4.03. The van der Waals surface area contributed by atoms with Gasteiger partial charge in [-0.25, -0.2) is 4.98 Å². The Labute approximate surface area is 126 Å². The van der Waals surface area contributed by atoms with Crippen LogP contribution in [0.2, 0.25) is 0 Å². The van der Waals surface area contributed by atoms with Gasteiger partial charge in [0.15, 0.2) is 0 Å². The maximum atomic E-state index is 10.8. The van der Waals surface area contributed by atoms with E-state index in [2.05, 4.69) is 33.1 Å². The SMILES string of the molecule is CCCC1CC(O)(Cc2nc(C(C)(C)C)cs2)CCO1. The van der Waals surface area contributed by atoms with Crippen LogP contribution in [0.3, 0.4) is 0 Å². The van der Waals surface area contributed by atoms with Crippen LogP contribution < -0.4 is 0 Å². The molecule has 1 saturated heterocycles. The van der Waals surface area contributed by atoms with Crippen LogP contribution in [0.25, 0.3) is 0 Å². The molecule has 0 saturated carbocycles. The van der Waals surface area contributed by atoms with Crippen LogP contribution in [-0.4, -0.2) is 28.4 Å². The van der Waals surface area contributed by atoms with E-state index >= 15 is 0 Å². The minimum atomic E-state index is -0.634. The van der Waals surface area contributed by atoms with Crippen molar-refractivity contribution in [3.63, 3.8) is 0 Å². The molecule has 1 aromatic rings. The zero-order valence-electron chi connectivity index (χ0n) is 13.1. The fourth-order valence-corrected chi connectivity index (χ4v) is 3.84. The molecule has 1 aliphatic heterocycles. The summed E-state index contributed by atoms with van der Waals surface area (Å²) in [5, 5.41) is 14.0. The number of aromatic nitrogens is 1. The van der Waals surface area contributed by atoms with E-state index in [-0.39, 0.29) is 11.5 Å². The van der Waals surface area contributed by atoms with Crippen molar-refractivity contribution >= 4 is 11.3 Å². The molecule has 2 heterocycles. The Morgan fingerprint density at radius 2 is 2.25 bits per heavy atom. The standard InChI is InChI=1S/C16H27NO2S/c1-5-6-12-9-16(18,7-8-19-12)10-14-17-13(11-20-14)15(2,3)4/h11-12,18H,5-10H2,1-4H3. The second-order valence-electron chi connectivity index (χ2n) is 7.01. The Kier molecular flexibility index (Phi) is 4.88. The number of ether oxygens (including phenoxy) is 1. The van der Waals surface area contributed by atoms with Gasteiger partial charge in [-0.1, -0.05) is 34.1 Å². The van der Waals surface area contributed by atoms with E-state index in [9.17, 15) is 5.11 Å². The first kappa shape index (κ1) is 15.9. The predicted octanol–water partition coefficient (Wildman–Crippen LogP) is 3.69. The zero-order chi connectivity index (χ0) is 14.8. The number of hydrogen-bond donors (Lipinski definition) is 1. The van der Waals surface area contributed by atoms with Gasteiger partial charge in [0.1, 0.15) is 0 Å². The minimum absolute atomic E-state index is 0.0811. The number of rotatable bonds is 4. The first-order chi connectivity index (χ1) is 9.32. The van der Waals surface area contributed by atoms with Crippen molar-refractivity contribution in [1.29, 1.82) is 0 Å². The molecule has 1 aliphatic rings. The Morgan fingerprint density at radius 1 is 1.50 bits per heavy atom. The van der Waals surface area contributed by atoms with Crippen LogP contribution in [0.4, 0.5) is 0 Å². The van der Waals surface area contributed by atoms with Crippen LogP contribution in [-0.2, 0) is 16.6 Å². The Morgan fingerprint density at radius 3 is 2.85 bits per heavy atom. The Hall–Kier alpha value is -0.450. The Balaban J connectivity index is 2.02. The lowest BCUT2D eigenvalue weighted by Gasteiger charge is -2.36. The molecule has 2 unspecified atom stereocenters. The Bertz CT molecular complexity index is 436. The average Bonchev–Trinajstić information content (AvgIpc) is 2.77. The van der Waals surface area contributed by atoms with Crippen molar-refractivity contribution in [2.24, 2.45) is 0 Å². The molecular formula is C16H27NO2S. The van der Waals surface area contributed by atoms with E-state index < -0.39 is 5.60 Å². The number of thiazole rings is 1. The zero-order valence-corrected chi connectivity index (χ0v) is 13.9. The van der Waals surface area contributed by atoms with E-state index in [1.54, 1.807) is 11.3 Å². The van der Waals surface area contributed by atoms with Gasteiger partial charge in [0, 0.05) is 36.7 Å². The van der Waals surface area contributed by atoms with Gasteiger partial charge in [0.05, 0.1) is 22.4 Å². The van der Waals surface area contributed by atoms with E-state index in [4.69, 9.17) is 9.72 Å². The molecule has 2 atom stereocenters. The summed E-state index contributed by atoms with van der Waals surface area (Å²) in [6, 6.07) is 0. The van der Waals surface area contributed by atoms with E-state index in [1.165, 1.54) is 0 Å². The predicted molar refractivity (Wildman–Crippen MR) is 83.3 cm³/mol. The fourth-order valence-electron chi connectivity index (χ4n) is 2.69. The van der Waals surface area contributed by atoms with Gasteiger partial charge in [-0.15, -0.1) is 11.3 Å². The first-order valence-electron chi connectivity index (χ1n) is 7.61. The molecule has 20 heavy (non-hydrogen) atoms. The lowest BCUT2D eigenvalue weighted by atomic mass is 9.86.